The van der Waals surface area contributed by atoms with E-state index < -0.39 is 5.91 Å². The van der Waals surface area contributed by atoms with Crippen LogP contribution in [-0.2, 0) is 4.79 Å². The Kier molecular flexibility index (Phi) is 6.65. The van der Waals surface area contributed by atoms with E-state index in [0.717, 1.165) is 5.56 Å². The topological polar surface area (TPSA) is 71.3 Å². The minimum absolute atomic E-state index is 0.0314. The molecule has 0 bridgehead atoms. The highest BCUT2D eigenvalue weighted by Gasteiger charge is 2.15. The van der Waals surface area contributed by atoms with Crippen molar-refractivity contribution < 1.29 is 14.3 Å². The summed E-state index contributed by atoms with van der Waals surface area (Å²) < 4.78 is 10.4. The number of carbonyl (C=O) groups is 1. The van der Waals surface area contributed by atoms with Crippen LogP contribution in [0.2, 0.25) is 5.02 Å². The molecule has 1 amide bonds. The first-order chi connectivity index (χ1) is 12.5. The van der Waals surface area contributed by atoms with Crippen LogP contribution in [0.5, 0.6) is 11.5 Å². The van der Waals surface area contributed by atoms with Gasteiger partial charge in [0.15, 0.2) is 11.5 Å². The largest absolute Gasteiger partial charge is 0.493 e. The van der Waals surface area contributed by atoms with E-state index in [2.05, 4.69) is 5.32 Å². The Labute approximate surface area is 157 Å². The third kappa shape index (κ3) is 4.56. The number of nitrogens with zero attached hydrogens (tertiary/aromatic N) is 1. The molecule has 2 aromatic rings. The fourth-order valence-corrected chi connectivity index (χ4v) is 2.73. The molecular weight excluding hydrogens is 352 g/mol. The normalized spacial score (nSPS) is 12.0. The van der Waals surface area contributed by atoms with Crippen LogP contribution in [-0.4, -0.2) is 20.1 Å². The Balaban J connectivity index is 2.26. The van der Waals surface area contributed by atoms with E-state index in [1.54, 1.807) is 12.1 Å². The number of carbonyl (C=O) groups excluding carboxylic acids is 1. The molecule has 1 N–H and O–H groups in total. The van der Waals surface area contributed by atoms with Crippen molar-refractivity contribution >= 4 is 23.6 Å². The molecule has 2 aromatic carbocycles. The maximum Gasteiger partial charge on any atom is 0.262 e. The average molecular weight is 371 g/mol. The van der Waals surface area contributed by atoms with Crippen molar-refractivity contribution in [3.8, 4) is 17.6 Å². The molecule has 0 radical (unpaired) electrons. The first-order valence-corrected chi connectivity index (χ1v) is 8.27. The van der Waals surface area contributed by atoms with Gasteiger partial charge in [-0.15, -0.1) is 0 Å². The van der Waals surface area contributed by atoms with Crippen LogP contribution in [0, 0.1) is 11.3 Å². The standard InChI is InChI=1S/C20H19ClN2O3/c1-13(15-7-5-4-6-8-15)23-20(24)16(12-22)9-14-10-17(21)19(26-3)18(11-14)25-2/h4-11,13H,1-3H3,(H,23,24)/b16-9+/t13-/m1/s1. The van der Waals surface area contributed by atoms with Gasteiger partial charge in [0.25, 0.3) is 5.91 Å². The van der Waals surface area contributed by atoms with E-state index in [9.17, 15) is 10.1 Å². The smallest absolute Gasteiger partial charge is 0.262 e. The number of rotatable bonds is 6. The summed E-state index contributed by atoms with van der Waals surface area (Å²) in [6.07, 6.45) is 1.46. The number of ether oxygens (including phenoxy) is 2. The minimum Gasteiger partial charge on any atom is -0.493 e. The van der Waals surface area contributed by atoms with Gasteiger partial charge in [-0.05, 0) is 36.3 Å². The summed E-state index contributed by atoms with van der Waals surface area (Å²) >= 11 is 6.17. The number of methoxy groups -OCH3 is 2. The van der Waals surface area contributed by atoms with Crippen LogP contribution in [0.15, 0.2) is 48.0 Å². The lowest BCUT2D eigenvalue weighted by Crippen LogP contribution is -2.27. The molecule has 26 heavy (non-hydrogen) atoms. The van der Waals surface area contributed by atoms with Gasteiger partial charge in [-0.1, -0.05) is 41.9 Å². The number of nitrogens with one attached hydrogen (secondary N) is 1. The van der Waals surface area contributed by atoms with Crippen molar-refractivity contribution in [3.63, 3.8) is 0 Å². The average Bonchev–Trinajstić information content (AvgIpc) is 2.66. The van der Waals surface area contributed by atoms with Crippen LogP contribution in [0.4, 0.5) is 0 Å². The summed E-state index contributed by atoms with van der Waals surface area (Å²) in [5.74, 6) is 0.350. The van der Waals surface area contributed by atoms with Gasteiger partial charge < -0.3 is 14.8 Å². The second-order valence-corrected chi connectivity index (χ2v) is 5.92. The molecular formula is C20H19ClN2O3. The zero-order valence-corrected chi connectivity index (χ0v) is 15.5. The van der Waals surface area contributed by atoms with Crippen LogP contribution in [0.25, 0.3) is 6.08 Å². The van der Waals surface area contributed by atoms with E-state index in [0.29, 0.717) is 22.1 Å². The van der Waals surface area contributed by atoms with Gasteiger partial charge in [-0.2, -0.15) is 5.26 Å². The predicted molar refractivity (Wildman–Crippen MR) is 101 cm³/mol. The van der Waals surface area contributed by atoms with E-state index in [-0.39, 0.29) is 11.6 Å². The van der Waals surface area contributed by atoms with E-state index >= 15 is 0 Å². The zero-order chi connectivity index (χ0) is 19.1. The minimum atomic E-state index is -0.463. The first-order valence-electron chi connectivity index (χ1n) is 7.89. The van der Waals surface area contributed by atoms with Crippen molar-refractivity contribution in [2.75, 3.05) is 14.2 Å². The van der Waals surface area contributed by atoms with E-state index in [4.69, 9.17) is 21.1 Å². The Morgan fingerprint density at radius 2 is 1.92 bits per heavy atom. The monoisotopic (exact) mass is 370 g/mol. The summed E-state index contributed by atoms with van der Waals surface area (Å²) in [6, 6.07) is 14.5. The third-order valence-corrected chi connectivity index (χ3v) is 4.06. The van der Waals surface area contributed by atoms with Crippen LogP contribution in [0.3, 0.4) is 0 Å². The van der Waals surface area contributed by atoms with Gasteiger partial charge in [0, 0.05) is 0 Å². The molecule has 0 aromatic heterocycles. The van der Waals surface area contributed by atoms with Gasteiger partial charge in [0.05, 0.1) is 25.3 Å². The summed E-state index contributed by atoms with van der Waals surface area (Å²) in [4.78, 5) is 12.4. The third-order valence-electron chi connectivity index (χ3n) is 3.78. The summed E-state index contributed by atoms with van der Waals surface area (Å²) in [6.45, 7) is 1.86. The molecule has 0 saturated heterocycles. The molecule has 0 aliphatic carbocycles. The molecule has 0 heterocycles. The lowest BCUT2D eigenvalue weighted by atomic mass is 10.1. The van der Waals surface area contributed by atoms with Gasteiger partial charge in [-0.3, -0.25) is 4.79 Å². The van der Waals surface area contributed by atoms with Crippen molar-refractivity contribution in [1.29, 1.82) is 5.26 Å². The molecule has 0 fully saturated rings. The summed E-state index contributed by atoms with van der Waals surface area (Å²) in [7, 11) is 2.97. The maximum absolute atomic E-state index is 12.4. The maximum atomic E-state index is 12.4. The van der Waals surface area contributed by atoms with Crippen molar-refractivity contribution in [3.05, 3.63) is 64.2 Å². The quantitative estimate of drug-likeness (QED) is 0.612. The number of nitriles is 1. The van der Waals surface area contributed by atoms with E-state index in [1.165, 1.54) is 20.3 Å². The second-order valence-electron chi connectivity index (χ2n) is 5.51. The van der Waals surface area contributed by atoms with Crippen LogP contribution < -0.4 is 14.8 Å². The van der Waals surface area contributed by atoms with Gasteiger partial charge in [0.1, 0.15) is 11.6 Å². The molecule has 5 nitrogen and oxygen atoms in total. The number of benzene rings is 2. The van der Waals surface area contributed by atoms with Crippen molar-refractivity contribution in [2.45, 2.75) is 13.0 Å². The molecule has 0 unspecified atom stereocenters. The summed E-state index contributed by atoms with van der Waals surface area (Å²) in [5, 5.41) is 12.5. The van der Waals surface area contributed by atoms with Crippen LogP contribution >= 0.6 is 11.6 Å². The Hall–Kier alpha value is -2.97. The lowest BCUT2D eigenvalue weighted by molar-refractivity contribution is -0.117. The highest BCUT2D eigenvalue weighted by molar-refractivity contribution is 6.32. The fraction of sp³-hybridized carbons (Fsp3) is 0.200. The van der Waals surface area contributed by atoms with Gasteiger partial charge >= 0.3 is 0 Å². The number of halogens is 1. The van der Waals surface area contributed by atoms with Gasteiger partial charge in [0.2, 0.25) is 0 Å². The Morgan fingerprint density at radius 3 is 2.50 bits per heavy atom. The molecule has 134 valence electrons. The van der Waals surface area contributed by atoms with E-state index in [1.807, 2.05) is 43.3 Å². The molecule has 6 heteroatoms. The number of amides is 1. The second kappa shape index (κ2) is 8.93. The summed E-state index contributed by atoms with van der Waals surface area (Å²) in [5.41, 5.74) is 1.48. The molecule has 0 aliphatic heterocycles. The molecule has 0 saturated carbocycles. The highest BCUT2D eigenvalue weighted by Crippen LogP contribution is 2.36. The first kappa shape index (κ1) is 19.4. The zero-order valence-electron chi connectivity index (χ0n) is 14.7. The SMILES string of the molecule is COc1cc(/C=C(\C#N)C(=O)N[C@H](C)c2ccccc2)cc(Cl)c1OC. The molecule has 1 atom stereocenters. The van der Waals surface area contributed by atoms with Crippen LogP contribution in [0.1, 0.15) is 24.1 Å². The molecule has 2 rings (SSSR count). The predicted octanol–water partition coefficient (Wildman–Crippen LogP) is 4.14. The van der Waals surface area contributed by atoms with Gasteiger partial charge in [-0.25, -0.2) is 0 Å². The number of hydrogen-bond acceptors (Lipinski definition) is 4. The molecule has 0 spiro atoms. The Bertz CT molecular complexity index is 857. The lowest BCUT2D eigenvalue weighted by Gasteiger charge is -2.14. The van der Waals surface area contributed by atoms with Crippen molar-refractivity contribution in [1.82, 2.24) is 5.32 Å². The fourth-order valence-electron chi connectivity index (χ4n) is 2.44. The highest BCUT2D eigenvalue weighted by atomic mass is 35.5. The Morgan fingerprint density at radius 1 is 1.23 bits per heavy atom. The van der Waals surface area contributed by atoms with Crippen molar-refractivity contribution in [2.24, 2.45) is 0 Å². The number of hydrogen-bond donors (Lipinski definition) is 1. The molecule has 0 aliphatic rings.